The number of nitrogens with zero attached hydrogens (tertiary/aromatic N) is 3. The highest BCUT2D eigenvalue weighted by Crippen LogP contribution is 2.28. The van der Waals surface area contributed by atoms with Gasteiger partial charge in [-0.3, -0.25) is 25.1 Å². The van der Waals surface area contributed by atoms with Crippen molar-refractivity contribution in [2.24, 2.45) is 0 Å². The molecule has 0 bridgehead atoms. The largest absolute Gasteiger partial charge is 0.482 e. The van der Waals surface area contributed by atoms with Crippen molar-refractivity contribution in [1.82, 2.24) is 4.90 Å². The second kappa shape index (κ2) is 3.58. The Morgan fingerprint density at radius 2 is 1.79 bits per heavy atom. The quantitative estimate of drug-likeness (QED) is 0.169. The van der Waals surface area contributed by atoms with Crippen LogP contribution in [0.4, 0.5) is 0 Å². The van der Waals surface area contributed by atoms with Gasteiger partial charge in [0.1, 0.15) is 34.2 Å². The molecule has 1 heterocycles. The summed E-state index contributed by atoms with van der Waals surface area (Å²) in [5, 5.41) is 20.9. The highest BCUT2D eigenvalue weighted by Gasteiger charge is 2.67. The second-order valence-electron chi connectivity index (χ2n) is 2.91. The first-order chi connectivity index (χ1) is 6.44. The molecule has 1 aliphatic rings. The van der Waals surface area contributed by atoms with Crippen LogP contribution in [0.15, 0.2) is 0 Å². The van der Waals surface area contributed by atoms with Crippen molar-refractivity contribution in [2.75, 3.05) is 13.1 Å². The minimum absolute atomic E-state index is 0.359. The molecule has 1 rings (SSSR count). The molecule has 0 aromatic rings. The van der Waals surface area contributed by atoms with Gasteiger partial charge in [-0.15, -0.1) is 0 Å². The van der Waals surface area contributed by atoms with E-state index in [1.807, 2.05) is 0 Å². The number of carbonyl (C=O) groups is 1. The lowest BCUT2D eigenvalue weighted by Crippen LogP contribution is -2.71. The predicted molar refractivity (Wildman–Crippen MR) is 47.1 cm³/mol. The van der Waals surface area contributed by atoms with Gasteiger partial charge in [0.05, 0.1) is 0 Å². The van der Waals surface area contributed by atoms with E-state index >= 15 is 0 Å². The summed E-state index contributed by atoms with van der Waals surface area (Å²) in [6, 6.07) is 0. The molecule has 14 heavy (non-hydrogen) atoms. The average Bonchev–Trinajstić information content (AvgIpc) is 2.00. The van der Waals surface area contributed by atoms with Gasteiger partial charge in [0.15, 0.2) is 0 Å². The van der Waals surface area contributed by atoms with Gasteiger partial charge >= 0.3 is 5.66 Å². The molecule has 1 atom stereocenters. The molecule has 1 fully saturated rings. The SMILES string of the molecule is O=C[C@H](Br)N1CC([N+](=O)[O-])([N+](=O)[O-])C1. The van der Waals surface area contributed by atoms with Gasteiger partial charge in [-0.25, -0.2) is 0 Å². The number of rotatable bonds is 4. The number of nitro groups is 2. The van der Waals surface area contributed by atoms with Gasteiger partial charge in [-0.2, -0.15) is 0 Å². The van der Waals surface area contributed by atoms with Crippen molar-refractivity contribution in [2.45, 2.75) is 10.6 Å². The maximum Gasteiger partial charge on any atom is 0.482 e. The summed E-state index contributed by atoms with van der Waals surface area (Å²) in [7, 11) is 0. The van der Waals surface area contributed by atoms with E-state index in [-0.39, 0.29) is 13.1 Å². The smallest absolute Gasteiger partial charge is 0.301 e. The third-order valence-electron chi connectivity index (χ3n) is 2.05. The van der Waals surface area contributed by atoms with E-state index in [0.717, 1.165) is 0 Å². The molecule has 8 nitrogen and oxygen atoms in total. The molecular formula is C5H6BrN3O5. The first kappa shape index (κ1) is 11.0. The first-order valence-electron chi connectivity index (χ1n) is 3.56. The minimum atomic E-state index is -2.14. The predicted octanol–water partition coefficient (Wildman–Crippen LogP) is -0.528. The van der Waals surface area contributed by atoms with Gasteiger partial charge in [0, 0.05) is 0 Å². The van der Waals surface area contributed by atoms with E-state index in [1.165, 1.54) is 4.90 Å². The topological polar surface area (TPSA) is 107 Å². The Hall–Kier alpha value is -1.09. The number of aldehydes is 1. The Morgan fingerprint density at radius 1 is 1.36 bits per heavy atom. The molecule has 0 unspecified atom stereocenters. The fourth-order valence-electron chi connectivity index (χ4n) is 1.16. The number of likely N-dealkylation sites (tertiary alicyclic amines) is 1. The summed E-state index contributed by atoms with van der Waals surface area (Å²) in [6.07, 6.45) is 0.518. The summed E-state index contributed by atoms with van der Waals surface area (Å²) in [6.45, 7) is -0.719. The van der Waals surface area contributed by atoms with Crippen LogP contribution in [0.5, 0.6) is 0 Å². The Bertz CT molecular complexity index is 273. The second-order valence-corrected chi connectivity index (χ2v) is 3.85. The van der Waals surface area contributed by atoms with Gasteiger partial charge in [-0.05, 0) is 0 Å². The molecule has 0 spiro atoms. The summed E-state index contributed by atoms with van der Waals surface area (Å²) in [5.74, 6) is 0. The molecular weight excluding hydrogens is 262 g/mol. The van der Waals surface area contributed by atoms with Crippen LogP contribution in [0, 0.1) is 20.2 Å². The van der Waals surface area contributed by atoms with E-state index in [2.05, 4.69) is 15.9 Å². The maximum atomic E-state index is 10.4. The number of alkyl halides is 1. The van der Waals surface area contributed by atoms with E-state index < -0.39 is 20.5 Å². The molecule has 1 saturated heterocycles. The van der Waals surface area contributed by atoms with Gasteiger partial charge in [0.25, 0.3) is 0 Å². The number of hydrogen-bond donors (Lipinski definition) is 0. The van der Waals surface area contributed by atoms with Crippen molar-refractivity contribution in [3.8, 4) is 0 Å². The maximum absolute atomic E-state index is 10.4. The molecule has 0 aliphatic carbocycles. The molecule has 0 amide bonds. The van der Waals surface area contributed by atoms with E-state index in [1.54, 1.807) is 0 Å². The molecule has 0 aromatic heterocycles. The molecule has 0 saturated carbocycles. The zero-order valence-corrected chi connectivity index (χ0v) is 8.42. The van der Waals surface area contributed by atoms with Gasteiger partial charge < -0.3 is 4.79 Å². The molecule has 0 aromatic carbocycles. The van der Waals surface area contributed by atoms with Crippen LogP contribution >= 0.6 is 15.9 Å². The highest BCUT2D eigenvalue weighted by molar-refractivity contribution is 9.09. The zero-order chi connectivity index (χ0) is 10.9. The Morgan fingerprint density at radius 3 is 2.07 bits per heavy atom. The van der Waals surface area contributed by atoms with Crippen LogP contribution in [0.2, 0.25) is 0 Å². The Kier molecular flexibility index (Phi) is 2.81. The lowest BCUT2D eigenvalue weighted by atomic mass is 10.0. The standard InChI is InChI=1S/C5H6BrN3O5/c6-4(1-10)7-2-5(3-7,8(11)12)9(13)14/h1,4H,2-3H2/t4-/m1/s1. The first-order valence-corrected chi connectivity index (χ1v) is 4.48. The lowest BCUT2D eigenvalue weighted by Gasteiger charge is -2.37. The zero-order valence-electron chi connectivity index (χ0n) is 6.83. The van der Waals surface area contributed by atoms with Crippen LogP contribution in [-0.2, 0) is 4.79 Å². The van der Waals surface area contributed by atoms with Gasteiger partial charge in [-0.1, -0.05) is 15.9 Å². The lowest BCUT2D eigenvalue weighted by molar-refractivity contribution is -0.810. The third kappa shape index (κ3) is 1.48. The van der Waals surface area contributed by atoms with Gasteiger partial charge in [0.2, 0.25) is 0 Å². The number of carbonyl (C=O) groups excluding carboxylic acids is 1. The summed E-state index contributed by atoms with van der Waals surface area (Å²) < 4.78 is 0. The van der Waals surface area contributed by atoms with Crippen molar-refractivity contribution in [3.63, 3.8) is 0 Å². The van der Waals surface area contributed by atoms with Crippen LogP contribution in [0.3, 0.4) is 0 Å². The molecule has 0 N–H and O–H groups in total. The van der Waals surface area contributed by atoms with E-state index in [0.29, 0.717) is 6.29 Å². The van der Waals surface area contributed by atoms with Crippen LogP contribution in [-0.4, -0.2) is 44.7 Å². The Balaban J connectivity index is 2.70. The van der Waals surface area contributed by atoms with Crippen molar-refractivity contribution in [3.05, 3.63) is 20.2 Å². The Labute approximate surface area is 86.3 Å². The highest BCUT2D eigenvalue weighted by atomic mass is 79.9. The van der Waals surface area contributed by atoms with E-state index in [9.17, 15) is 25.0 Å². The fraction of sp³-hybridized carbons (Fsp3) is 0.800. The number of halogens is 1. The monoisotopic (exact) mass is 267 g/mol. The van der Waals surface area contributed by atoms with Crippen LogP contribution in [0.1, 0.15) is 0 Å². The summed E-state index contributed by atoms with van der Waals surface area (Å²) in [4.78, 5) is 29.9. The van der Waals surface area contributed by atoms with Crippen molar-refractivity contribution >= 4 is 22.2 Å². The molecule has 0 radical (unpaired) electrons. The van der Waals surface area contributed by atoms with Crippen molar-refractivity contribution in [1.29, 1.82) is 0 Å². The fourth-order valence-corrected chi connectivity index (χ4v) is 1.45. The molecule has 1 aliphatic heterocycles. The number of hydrogen-bond acceptors (Lipinski definition) is 6. The minimum Gasteiger partial charge on any atom is -0.301 e. The van der Waals surface area contributed by atoms with Crippen molar-refractivity contribution < 1.29 is 14.6 Å². The van der Waals surface area contributed by atoms with Crippen LogP contribution in [0.25, 0.3) is 0 Å². The normalized spacial score (nSPS) is 22.1. The third-order valence-corrected chi connectivity index (χ3v) is 2.85. The average molecular weight is 268 g/mol. The van der Waals surface area contributed by atoms with E-state index in [4.69, 9.17) is 0 Å². The molecule has 9 heteroatoms. The summed E-state index contributed by atoms with van der Waals surface area (Å²) in [5.41, 5.74) is -2.14. The van der Waals surface area contributed by atoms with Crippen LogP contribution < -0.4 is 0 Å². The summed E-state index contributed by atoms with van der Waals surface area (Å²) >= 11 is 2.92. The molecule has 78 valence electrons.